The Morgan fingerprint density at radius 3 is 2.36 bits per heavy atom. The van der Waals surface area contributed by atoms with Crippen LogP contribution in [0.5, 0.6) is 0 Å². The van der Waals surface area contributed by atoms with E-state index in [1.807, 2.05) is 18.2 Å². The number of rotatable bonds is 3. The number of nitrogens with zero attached hydrogens (tertiary/aromatic N) is 1. The molecule has 2 aromatic carbocycles. The molecule has 2 nitrogen and oxygen atoms in total. The van der Waals surface area contributed by atoms with Gasteiger partial charge in [-0.3, -0.25) is 4.79 Å². The number of halogens is 1. The second-order valence-corrected chi connectivity index (χ2v) is 6.03. The van der Waals surface area contributed by atoms with Crippen LogP contribution in [0.25, 0.3) is 0 Å². The standard InChI is InChI=1S/C19H20FNO/c1-14-9-11-21(12-10-14)18-8-7-16(13-17(18)20)19(22)15-5-3-2-4-6-15/h2-8,13-14H,9-12H2,1H3. The highest BCUT2D eigenvalue weighted by Crippen LogP contribution is 2.26. The topological polar surface area (TPSA) is 20.3 Å². The van der Waals surface area contributed by atoms with Gasteiger partial charge in [0.05, 0.1) is 5.69 Å². The van der Waals surface area contributed by atoms with Crippen molar-refractivity contribution < 1.29 is 9.18 Å². The molecule has 0 radical (unpaired) electrons. The molecule has 114 valence electrons. The van der Waals surface area contributed by atoms with Gasteiger partial charge in [0.2, 0.25) is 0 Å². The molecule has 0 spiro atoms. The van der Waals surface area contributed by atoms with Gasteiger partial charge in [0.1, 0.15) is 5.82 Å². The van der Waals surface area contributed by atoms with Crippen molar-refractivity contribution in [2.75, 3.05) is 18.0 Å². The SMILES string of the molecule is CC1CCN(c2ccc(C(=O)c3ccccc3)cc2F)CC1. The Morgan fingerprint density at radius 2 is 1.73 bits per heavy atom. The minimum atomic E-state index is -0.309. The van der Waals surface area contributed by atoms with E-state index in [1.165, 1.54) is 6.07 Å². The maximum Gasteiger partial charge on any atom is 0.193 e. The van der Waals surface area contributed by atoms with Crippen molar-refractivity contribution in [2.24, 2.45) is 5.92 Å². The Hall–Kier alpha value is -2.16. The highest BCUT2D eigenvalue weighted by molar-refractivity contribution is 6.09. The monoisotopic (exact) mass is 297 g/mol. The van der Waals surface area contributed by atoms with Crippen LogP contribution in [0.1, 0.15) is 35.7 Å². The third-order valence-corrected chi connectivity index (χ3v) is 4.37. The molecule has 3 rings (SSSR count). The molecule has 0 bridgehead atoms. The maximum atomic E-state index is 14.4. The summed E-state index contributed by atoms with van der Waals surface area (Å²) >= 11 is 0. The number of anilines is 1. The number of benzene rings is 2. The molecule has 1 aliphatic rings. The van der Waals surface area contributed by atoms with Crippen LogP contribution >= 0.6 is 0 Å². The Labute approximate surface area is 130 Å². The van der Waals surface area contributed by atoms with E-state index in [1.54, 1.807) is 24.3 Å². The molecule has 22 heavy (non-hydrogen) atoms. The highest BCUT2D eigenvalue weighted by atomic mass is 19.1. The van der Waals surface area contributed by atoms with Gasteiger partial charge in [-0.25, -0.2) is 4.39 Å². The van der Waals surface area contributed by atoms with Crippen LogP contribution < -0.4 is 4.90 Å². The summed E-state index contributed by atoms with van der Waals surface area (Å²) in [5, 5.41) is 0. The third-order valence-electron chi connectivity index (χ3n) is 4.37. The summed E-state index contributed by atoms with van der Waals surface area (Å²) in [4.78, 5) is 14.4. The highest BCUT2D eigenvalue weighted by Gasteiger charge is 2.19. The first-order chi connectivity index (χ1) is 10.6. The summed E-state index contributed by atoms with van der Waals surface area (Å²) in [7, 11) is 0. The lowest BCUT2D eigenvalue weighted by molar-refractivity contribution is 0.103. The van der Waals surface area contributed by atoms with Gasteiger partial charge in [0, 0.05) is 24.2 Å². The van der Waals surface area contributed by atoms with Gasteiger partial charge in [-0.1, -0.05) is 37.3 Å². The summed E-state index contributed by atoms with van der Waals surface area (Å²) in [6, 6.07) is 13.8. The summed E-state index contributed by atoms with van der Waals surface area (Å²) < 4.78 is 14.4. The molecule has 2 aromatic rings. The fraction of sp³-hybridized carbons (Fsp3) is 0.316. The van der Waals surface area contributed by atoms with Crippen molar-refractivity contribution in [2.45, 2.75) is 19.8 Å². The first-order valence-corrected chi connectivity index (χ1v) is 7.79. The molecule has 0 aromatic heterocycles. The van der Waals surface area contributed by atoms with Gasteiger partial charge < -0.3 is 4.90 Å². The lowest BCUT2D eigenvalue weighted by Gasteiger charge is -2.32. The van der Waals surface area contributed by atoms with Gasteiger partial charge in [0.15, 0.2) is 5.78 Å². The quantitative estimate of drug-likeness (QED) is 0.788. The number of ketones is 1. The largest absolute Gasteiger partial charge is 0.369 e. The van der Waals surface area contributed by atoms with E-state index in [4.69, 9.17) is 0 Å². The van der Waals surface area contributed by atoms with E-state index in [9.17, 15) is 9.18 Å². The van der Waals surface area contributed by atoms with Gasteiger partial charge in [0.25, 0.3) is 0 Å². The number of carbonyl (C=O) groups is 1. The van der Waals surface area contributed by atoms with Gasteiger partial charge in [-0.15, -0.1) is 0 Å². The molecule has 0 atom stereocenters. The Morgan fingerprint density at radius 1 is 1.05 bits per heavy atom. The molecule has 3 heteroatoms. The minimum Gasteiger partial charge on any atom is -0.369 e. The third kappa shape index (κ3) is 3.03. The first-order valence-electron chi connectivity index (χ1n) is 7.79. The molecule has 0 aliphatic carbocycles. The smallest absolute Gasteiger partial charge is 0.193 e. The predicted octanol–water partition coefficient (Wildman–Crippen LogP) is 4.29. The number of piperidine rings is 1. The van der Waals surface area contributed by atoms with Crippen LogP contribution in [-0.4, -0.2) is 18.9 Å². The summed E-state index contributed by atoms with van der Waals surface area (Å²) in [6.07, 6.45) is 2.17. The lowest BCUT2D eigenvalue weighted by Crippen LogP contribution is -2.33. The van der Waals surface area contributed by atoms with Gasteiger partial charge >= 0.3 is 0 Å². The van der Waals surface area contributed by atoms with E-state index in [0.717, 1.165) is 25.9 Å². The maximum absolute atomic E-state index is 14.4. The van der Waals surface area contributed by atoms with Crippen LogP contribution in [0.3, 0.4) is 0 Å². The average molecular weight is 297 g/mol. The van der Waals surface area contributed by atoms with E-state index in [-0.39, 0.29) is 11.6 Å². The van der Waals surface area contributed by atoms with Crippen molar-refractivity contribution in [1.82, 2.24) is 0 Å². The van der Waals surface area contributed by atoms with E-state index in [0.29, 0.717) is 22.7 Å². The Balaban J connectivity index is 1.82. The van der Waals surface area contributed by atoms with Crippen molar-refractivity contribution in [1.29, 1.82) is 0 Å². The van der Waals surface area contributed by atoms with Crippen LogP contribution in [0, 0.1) is 11.7 Å². The number of carbonyl (C=O) groups excluding carboxylic acids is 1. The Kier molecular flexibility index (Phi) is 4.23. The summed E-state index contributed by atoms with van der Waals surface area (Å²) in [5.74, 6) is 0.257. The van der Waals surface area contributed by atoms with Crippen molar-refractivity contribution in [3.05, 3.63) is 65.5 Å². The minimum absolute atomic E-state index is 0.140. The second kappa shape index (κ2) is 6.30. The Bertz CT molecular complexity index is 660. The predicted molar refractivity (Wildman–Crippen MR) is 86.9 cm³/mol. The molecule has 0 amide bonds. The molecule has 1 heterocycles. The van der Waals surface area contributed by atoms with Crippen molar-refractivity contribution >= 4 is 11.5 Å². The van der Waals surface area contributed by atoms with Crippen molar-refractivity contribution in [3.63, 3.8) is 0 Å². The molecular weight excluding hydrogens is 277 g/mol. The zero-order chi connectivity index (χ0) is 15.5. The molecule has 0 saturated carbocycles. The van der Waals surface area contributed by atoms with Crippen LogP contribution in [0.4, 0.5) is 10.1 Å². The van der Waals surface area contributed by atoms with Crippen LogP contribution in [-0.2, 0) is 0 Å². The van der Waals surface area contributed by atoms with Crippen LogP contribution in [0.2, 0.25) is 0 Å². The summed E-state index contributed by atoms with van der Waals surface area (Å²) in [5.41, 5.74) is 1.59. The van der Waals surface area contributed by atoms with Gasteiger partial charge in [-0.2, -0.15) is 0 Å². The zero-order valence-electron chi connectivity index (χ0n) is 12.8. The van der Waals surface area contributed by atoms with Crippen LogP contribution in [0.15, 0.2) is 48.5 Å². The molecular formula is C19H20FNO. The number of hydrogen-bond acceptors (Lipinski definition) is 2. The average Bonchev–Trinajstić information content (AvgIpc) is 2.56. The zero-order valence-corrected chi connectivity index (χ0v) is 12.8. The van der Waals surface area contributed by atoms with Crippen molar-refractivity contribution in [3.8, 4) is 0 Å². The normalized spacial score (nSPS) is 15.8. The van der Waals surface area contributed by atoms with E-state index in [2.05, 4.69) is 11.8 Å². The fourth-order valence-corrected chi connectivity index (χ4v) is 2.91. The van der Waals surface area contributed by atoms with E-state index >= 15 is 0 Å². The molecule has 1 aliphatic heterocycles. The molecule has 0 N–H and O–H groups in total. The fourth-order valence-electron chi connectivity index (χ4n) is 2.91. The summed E-state index contributed by atoms with van der Waals surface area (Å²) in [6.45, 7) is 3.99. The molecule has 1 fully saturated rings. The second-order valence-electron chi connectivity index (χ2n) is 6.03. The van der Waals surface area contributed by atoms with Gasteiger partial charge in [-0.05, 0) is 37.0 Å². The molecule has 1 saturated heterocycles. The molecule has 0 unspecified atom stereocenters. The van der Waals surface area contributed by atoms with E-state index < -0.39 is 0 Å². The number of hydrogen-bond donors (Lipinski definition) is 0. The lowest BCUT2D eigenvalue weighted by atomic mass is 9.98. The first kappa shape index (κ1) is 14.8.